The molecule has 0 bridgehead atoms. The molecule has 0 aliphatic heterocycles. The molecule has 0 N–H and O–H groups in total. The van der Waals surface area contributed by atoms with Gasteiger partial charge in [-0.15, -0.1) is 6.58 Å². The SMILES string of the molecule is C=CC(C)CCC(C)(F)CCC. The Bertz CT molecular complexity index is 127. The van der Waals surface area contributed by atoms with Crippen LogP contribution in [-0.4, -0.2) is 5.67 Å². The Morgan fingerprint density at radius 3 is 2.50 bits per heavy atom. The summed E-state index contributed by atoms with van der Waals surface area (Å²) in [5, 5.41) is 0. The fraction of sp³-hybridized carbons (Fsp3) is 0.818. The van der Waals surface area contributed by atoms with Gasteiger partial charge in [-0.1, -0.05) is 26.3 Å². The molecule has 0 saturated carbocycles. The third-order valence-electron chi connectivity index (χ3n) is 2.29. The van der Waals surface area contributed by atoms with Crippen LogP contribution in [0.15, 0.2) is 12.7 Å². The Morgan fingerprint density at radius 1 is 1.50 bits per heavy atom. The number of halogens is 1. The van der Waals surface area contributed by atoms with Crippen LogP contribution in [0, 0.1) is 5.92 Å². The van der Waals surface area contributed by atoms with E-state index in [0.29, 0.717) is 18.8 Å². The summed E-state index contributed by atoms with van der Waals surface area (Å²) in [5.41, 5.74) is -0.966. The summed E-state index contributed by atoms with van der Waals surface area (Å²) in [6.45, 7) is 9.49. The van der Waals surface area contributed by atoms with Crippen molar-refractivity contribution in [2.24, 2.45) is 5.92 Å². The van der Waals surface area contributed by atoms with Crippen LogP contribution in [0.1, 0.15) is 46.5 Å². The van der Waals surface area contributed by atoms with Crippen molar-refractivity contribution < 1.29 is 4.39 Å². The highest BCUT2D eigenvalue weighted by Gasteiger charge is 2.21. The van der Waals surface area contributed by atoms with Crippen molar-refractivity contribution in [3.63, 3.8) is 0 Å². The quantitative estimate of drug-likeness (QED) is 0.529. The summed E-state index contributed by atoms with van der Waals surface area (Å²) in [5.74, 6) is 0.442. The number of hydrogen-bond acceptors (Lipinski definition) is 0. The van der Waals surface area contributed by atoms with Crippen molar-refractivity contribution in [3.8, 4) is 0 Å². The largest absolute Gasteiger partial charge is 0.244 e. The minimum absolute atomic E-state index is 0.442. The topological polar surface area (TPSA) is 0 Å². The lowest BCUT2D eigenvalue weighted by Crippen LogP contribution is -2.18. The second-order valence-electron chi connectivity index (χ2n) is 3.92. The average molecular weight is 172 g/mol. The lowest BCUT2D eigenvalue weighted by Gasteiger charge is -2.20. The summed E-state index contributed by atoms with van der Waals surface area (Å²) in [6, 6.07) is 0. The number of rotatable bonds is 6. The molecule has 0 aliphatic rings. The van der Waals surface area contributed by atoms with Crippen LogP contribution < -0.4 is 0 Å². The number of hydrogen-bond donors (Lipinski definition) is 0. The van der Waals surface area contributed by atoms with Crippen LogP contribution in [0.4, 0.5) is 4.39 Å². The van der Waals surface area contributed by atoms with E-state index < -0.39 is 5.67 Å². The lowest BCUT2D eigenvalue weighted by molar-refractivity contribution is 0.152. The molecule has 0 amide bonds. The van der Waals surface area contributed by atoms with Crippen molar-refractivity contribution in [1.82, 2.24) is 0 Å². The van der Waals surface area contributed by atoms with Crippen LogP contribution in [0.2, 0.25) is 0 Å². The molecule has 2 unspecified atom stereocenters. The molecule has 2 atom stereocenters. The van der Waals surface area contributed by atoms with E-state index in [-0.39, 0.29) is 0 Å². The van der Waals surface area contributed by atoms with E-state index in [0.717, 1.165) is 12.8 Å². The van der Waals surface area contributed by atoms with Crippen molar-refractivity contribution in [2.45, 2.75) is 52.1 Å². The molecule has 0 spiro atoms. The predicted octanol–water partition coefficient (Wildman–Crippen LogP) is 4.12. The molecule has 1 heteroatoms. The maximum absolute atomic E-state index is 13.6. The van der Waals surface area contributed by atoms with Crippen LogP contribution in [0.5, 0.6) is 0 Å². The Labute approximate surface area is 75.9 Å². The molecule has 12 heavy (non-hydrogen) atoms. The van der Waals surface area contributed by atoms with Crippen LogP contribution in [0.3, 0.4) is 0 Å². The zero-order valence-corrected chi connectivity index (χ0v) is 8.57. The molecule has 0 rings (SSSR count). The molecule has 0 fully saturated rings. The first-order valence-electron chi connectivity index (χ1n) is 4.83. The highest BCUT2D eigenvalue weighted by atomic mass is 19.1. The molecule has 72 valence electrons. The summed E-state index contributed by atoms with van der Waals surface area (Å²) in [7, 11) is 0. The lowest BCUT2D eigenvalue weighted by atomic mass is 9.92. The number of allylic oxidation sites excluding steroid dienone is 1. The van der Waals surface area contributed by atoms with E-state index >= 15 is 0 Å². The van der Waals surface area contributed by atoms with Gasteiger partial charge >= 0.3 is 0 Å². The minimum atomic E-state index is -0.966. The van der Waals surface area contributed by atoms with Gasteiger partial charge in [-0.25, -0.2) is 4.39 Å². The molecular formula is C11H21F. The molecule has 0 aliphatic carbocycles. The Balaban J connectivity index is 3.66. The van der Waals surface area contributed by atoms with E-state index in [9.17, 15) is 4.39 Å². The van der Waals surface area contributed by atoms with Gasteiger partial charge in [0.25, 0.3) is 0 Å². The fourth-order valence-electron chi connectivity index (χ4n) is 1.29. The summed E-state index contributed by atoms with van der Waals surface area (Å²) in [4.78, 5) is 0. The van der Waals surface area contributed by atoms with Crippen LogP contribution >= 0.6 is 0 Å². The minimum Gasteiger partial charge on any atom is -0.244 e. The molecule has 0 saturated heterocycles. The smallest absolute Gasteiger partial charge is 0.108 e. The van der Waals surface area contributed by atoms with E-state index in [1.807, 2.05) is 13.0 Å². The third-order valence-corrected chi connectivity index (χ3v) is 2.29. The van der Waals surface area contributed by atoms with Gasteiger partial charge in [-0.3, -0.25) is 0 Å². The third kappa shape index (κ3) is 5.34. The Morgan fingerprint density at radius 2 is 2.08 bits per heavy atom. The molecule has 0 aromatic heterocycles. The summed E-state index contributed by atoms with van der Waals surface area (Å²) >= 11 is 0. The molecular weight excluding hydrogens is 151 g/mol. The highest BCUT2D eigenvalue weighted by Crippen LogP contribution is 2.25. The monoisotopic (exact) mass is 172 g/mol. The number of alkyl halides is 1. The van der Waals surface area contributed by atoms with Gasteiger partial charge < -0.3 is 0 Å². The van der Waals surface area contributed by atoms with Gasteiger partial charge in [0.15, 0.2) is 0 Å². The van der Waals surface area contributed by atoms with Crippen LogP contribution in [0.25, 0.3) is 0 Å². The molecule has 0 heterocycles. The average Bonchev–Trinajstić information content (AvgIpc) is 2.00. The van der Waals surface area contributed by atoms with E-state index in [2.05, 4.69) is 13.5 Å². The maximum atomic E-state index is 13.6. The molecule has 0 aromatic rings. The predicted molar refractivity (Wildman–Crippen MR) is 53.0 cm³/mol. The Hall–Kier alpha value is -0.330. The first-order valence-corrected chi connectivity index (χ1v) is 4.83. The van der Waals surface area contributed by atoms with Gasteiger partial charge in [0, 0.05) is 0 Å². The van der Waals surface area contributed by atoms with Crippen molar-refractivity contribution in [2.75, 3.05) is 0 Å². The molecule has 0 nitrogen and oxygen atoms in total. The van der Waals surface area contributed by atoms with E-state index in [4.69, 9.17) is 0 Å². The first-order chi connectivity index (χ1) is 5.52. The van der Waals surface area contributed by atoms with E-state index in [1.54, 1.807) is 6.92 Å². The summed E-state index contributed by atoms with van der Waals surface area (Å²) < 4.78 is 13.6. The fourth-order valence-corrected chi connectivity index (χ4v) is 1.29. The van der Waals surface area contributed by atoms with Gasteiger partial charge in [0.1, 0.15) is 5.67 Å². The normalized spacial score (nSPS) is 18.3. The van der Waals surface area contributed by atoms with Crippen molar-refractivity contribution >= 4 is 0 Å². The standard InChI is InChI=1S/C11H21F/c1-5-8-11(4,12)9-7-10(3)6-2/h6,10H,2,5,7-9H2,1,3-4H3. The second kappa shape index (κ2) is 5.34. The van der Waals surface area contributed by atoms with Crippen molar-refractivity contribution in [1.29, 1.82) is 0 Å². The molecule has 0 aromatic carbocycles. The maximum Gasteiger partial charge on any atom is 0.108 e. The first kappa shape index (κ1) is 11.7. The van der Waals surface area contributed by atoms with E-state index in [1.165, 1.54) is 0 Å². The van der Waals surface area contributed by atoms with Gasteiger partial charge in [0.05, 0.1) is 0 Å². The van der Waals surface area contributed by atoms with Crippen LogP contribution in [-0.2, 0) is 0 Å². The summed E-state index contributed by atoms with van der Waals surface area (Å²) in [6.07, 6.45) is 5.07. The van der Waals surface area contributed by atoms with Gasteiger partial charge in [-0.05, 0) is 32.1 Å². The zero-order chi connectivity index (χ0) is 9.61. The zero-order valence-electron chi connectivity index (χ0n) is 8.57. The Kier molecular flexibility index (Phi) is 5.19. The second-order valence-corrected chi connectivity index (χ2v) is 3.92. The van der Waals surface area contributed by atoms with Gasteiger partial charge in [0.2, 0.25) is 0 Å². The van der Waals surface area contributed by atoms with Gasteiger partial charge in [-0.2, -0.15) is 0 Å². The molecule has 0 radical (unpaired) electrons. The highest BCUT2D eigenvalue weighted by molar-refractivity contribution is 4.79. The van der Waals surface area contributed by atoms with Crippen molar-refractivity contribution in [3.05, 3.63) is 12.7 Å².